The molecule has 0 fully saturated rings. The molecule has 0 bridgehead atoms. The molecule has 0 aliphatic heterocycles. The van der Waals surface area contributed by atoms with Crippen LogP contribution >= 0.6 is 0 Å². The number of nitrogens with zero attached hydrogens (tertiary/aromatic N) is 3. The molecule has 2 aromatic heterocycles. The van der Waals surface area contributed by atoms with Crippen molar-refractivity contribution in [3.63, 3.8) is 0 Å². The summed E-state index contributed by atoms with van der Waals surface area (Å²) in [5.41, 5.74) is 2.77. The number of carbonyl (C=O) groups excluding carboxylic acids is 1. The van der Waals surface area contributed by atoms with E-state index < -0.39 is 0 Å². The quantitative estimate of drug-likeness (QED) is 0.680. The highest BCUT2D eigenvalue weighted by molar-refractivity contribution is 5.95. The number of benzene rings is 1. The van der Waals surface area contributed by atoms with Crippen LogP contribution in [0.1, 0.15) is 21.5 Å². The summed E-state index contributed by atoms with van der Waals surface area (Å²) >= 11 is 0. The Hall–Kier alpha value is -3.15. The molecule has 3 rings (SSSR count). The van der Waals surface area contributed by atoms with Crippen molar-refractivity contribution in [2.75, 3.05) is 18.4 Å². The molecule has 0 spiro atoms. The molecule has 1 aromatic carbocycles. The highest BCUT2D eigenvalue weighted by Crippen LogP contribution is 2.10. The van der Waals surface area contributed by atoms with E-state index in [1.807, 2.05) is 73.3 Å². The summed E-state index contributed by atoms with van der Waals surface area (Å²) in [6.45, 7) is 5.00. The summed E-state index contributed by atoms with van der Waals surface area (Å²) in [5.74, 6) is 1.38. The van der Waals surface area contributed by atoms with E-state index in [0.717, 1.165) is 22.5 Å². The monoisotopic (exact) mass is 335 g/mol. The van der Waals surface area contributed by atoms with Crippen molar-refractivity contribution >= 4 is 11.7 Å². The minimum atomic E-state index is -0.0583. The van der Waals surface area contributed by atoms with Gasteiger partial charge >= 0.3 is 0 Å². The lowest BCUT2D eigenvalue weighted by atomic mass is 10.1. The SMILES string of the molecule is Cc1ccc(C)c(C(=O)NCCNc2ccc(-n3cccc3)nn2)c1. The number of hydrogen-bond donors (Lipinski definition) is 2. The average Bonchev–Trinajstić information content (AvgIpc) is 3.16. The van der Waals surface area contributed by atoms with Gasteiger partial charge in [-0.15, -0.1) is 10.2 Å². The summed E-state index contributed by atoms with van der Waals surface area (Å²) in [7, 11) is 0. The van der Waals surface area contributed by atoms with Crippen molar-refractivity contribution < 1.29 is 4.79 Å². The van der Waals surface area contributed by atoms with E-state index in [4.69, 9.17) is 0 Å². The third kappa shape index (κ3) is 4.23. The second kappa shape index (κ2) is 7.61. The first-order valence-electron chi connectivity index (χ1n) is 8.20. The second-order valence-corrected chi connectivity index (χ2v) is 5.87. The molecule has 6 nitrogen and oxygen atoms in total. The fourth-order valence-electron chi connectivity index (χ4n) is 2.49. The number of anilines is 1. The lowest BCUT2D eigenvalue weighted by Gasteiger charge is -2.10. The molecule has 0 radical (unpaired) electrons. The molecule has 128 valence electrons. The fourth-order valence-corrected chi connectivity index (χ4v) is 2.49. The normalized spacial score (nSPS) is 10.5. The van der Waals surface area contributed by atoms with Crippen LogP contribution in [-0.2, 0) is 0 Å². The van der Waals surface area contributed by atoms with Crippen LogP contribution in [0.3, 0.4) is 0 Å². The standard InChI is InChI=1S/C19H21N5O/c1-14-5-6-15(2)16(13-14)19(25)21-10-9-20-17-7-8-18(23-22-17)24-11-3-4-12-24/h3-8,11-13H,9-10H2,1-2H3,(H,20,22)(H,21,25). The first-order chi connectivity index (χ1) is 12.1. The van der Waals surface area contributed by atoms with Crippen LogP contribution in [0.2, 0.25) is 0 Å². The Bertz CT molecular complexity index is 841. The molecular weight excluding hydrogens is 314 g/mol. The van der Waals surface area contributed by atoms with Crippen LogP contribution in [0.5, 0.6) is 0 Å². The first kappa shape index (κ1) is 16.7. The van der Waals surface area contributed by atoms with Gasteiger partial charge in [-0.25, -0.2) is 0 Å². The van der Waals surface area contributed by atoms with E-state index >= 15 is 0 Å². The van der Waals surface area contributed by atoms with Crippen molar-refractivity contribution in [3.8, 4) is 5.82 Å². The van der Waals surface area contributed by atoms with Crippen LogP contribution in [0.4, 0.5) is 5.82 Å². The van der Waals surface area contributed by atoms with Gasteiger partial charge < -0.3 is 15.2 Å². The van der Waals surface area contributed by atoms with Gasteiger partial charge in [0.05, 0.1) is 0 Å². The van der Waals surface area contributed by atoms with Gasteiger partial charge in [0.2, 0.25) is 0 Å². The lowest BCUT2D eigenvalue weighted by Crippen LogP contribution is -2.29. The Morgan fingerprint density at radius 2 is 1.84 bits per heavy atom. The fraction of sp³-hybridized carbons (Fsp3) is 0.211. The molecule has 1 amide bonds. The van der Waals surface area contributed by atoms with Crippen molar-refractivity contribution in [1.29, 1.82) is 0 Å². The van der Waals surface area contributed by atoms with Gasteiger partial charge in [0.1, 0.15) is 5.82 Å². The average molecular weight is 335 g/mol. The molecule has 6 heteroatoms. The van der Waals surface area contributed by atoms with Crippen LogP contribution < -0.4 is 10.6 Å². The van der Waals surface area contributed by atoms with Gasteiger partial charge in [-0.2, -0.15) is 0 Å². The minimum Gasteiger partial charge on any atom is -0.367 e. The summed E-state index contributed by atoms with van der Waals surface area (Å²) in [6, 6.07) is 13.5. The highest BCUT2D eigenvalue weighted by atomic mass is 16.1. The van der Waals surface area contributed by atoms with Crippen molar-refractivity contribution in [2.45, 2.75) is 13.8 Å². The molecular formula is C19H21N5O. The maximum absolute atomic E-state index is 12.2. The third-order valence-corrected chi connectivity index (χ3v) is 3.87. The number of amides is 1. The van der Waals surface area contributed by atoms with Crippen molar-refractivity contribution in [3.05, 3.63) is 71.5 Å². The number of hydrogen-bond acceptors (Lipinski definition) is 4. The number of carbonyl (C=O) groups is 1. The summed E-state index contributed by atoms with van der Waals surface area (Å²) in [4.78, 5) is 12.2. The highest BCUT2D eigenvalue weighted by Gasteiger charge is 2.08. The predicted octanol–water partition coefficient (Wildman–Crippen LogP) is 2.73. The Morgan fingerprint density at radius 1 is 1.04 bits per heavy atom. The van der Waals surface area contributed by atoms with Gasteiger partial charge in [0, 0.05) is 31.0 Å². The van der Waals surface area contributed by atoms with Crippen LogP contribution in [0.25, 0.3) is 5.82 Å². The van der Waals surface area contributed by atoms with Gasteiger partial charge in [0.15, 0.2) is 5.82 Å². The van der Waals surface area contributed by atoms with Crippen molar-refractivity contribution in [2.24, 2.45) is 0 Å². The second-order valence-electron chi connectivity index (χ2n) is 5.87. The van der Waals surface area contributed by atoms with E-state index in [-0.39, 0.29) is 5.91 Å². The van der Waals surface area contributed by atoms with Crippen LogP contribution in [0.15, 0.2) is 54.9 Å². The topological polar surface area (TPSA) is 71.8 Å². The molecule has 0 aliphatic rings. The molecule has 2 heterocycles. The van der Waals surface area contributed by atoms with E-state index in [1.165, 1.54) is 0 Å². The minimum absolute atomic E-state index is 0.0583. The third-order valence-electron chi connectivity index (χ3n) is 3.87. The summed E-state index contributed by atoms with van der Waals surface area (Å²) in [5, 5.41) is 14.4. The van der Waals surface area contributed by atoms with Gasteiger partial charge in [0.25, 0.3) is 5.91 Å². The maximum Gasteiger partial charge on any atom is 0.251 e. The molecule has 2 N–H and O–H groups in total. The van der Waals surface area contributed by atoms with E-state index in [1.54, 1.807) is 0 Å². The smallest absolute Gasteiger partial charge is 0.251 e. The molecule has 25 heavy (non-hydrogen) atoms. The lowest BCUT2D eigenvalue weighted by molar-refractivity contribution is 0.0954. The van der Waals surface area contributed by atoms with Gasteiger partial charge in [-0.05, 0) is 49.7 Å². The number of rotatable bonds is 6. The Balaban J connectivity index is 1.48. The zero-order valence-corrected chi connectivity index (χ0v) is 14.4. The number of aromatic nitrogens is 3. The molecule has 0 saturated heterocycles. The van der Waals surface area contributed by atoms with Gasteiger partial charge in [-0.1, -0.05) is 17.7 Å². The Labute approximate surface area is 146 Å². The number of aryl methyl sites for hydroxylation is 2. The summed E-state index contributed by atoms with van der Waals surface area (Å²) in [6.07, 6.45) is 3.83. The summed E-state index contributed by atoms with van der Waals surface area (Å²) < 4.78 is 1.89. The van der Waals surface area contributed by atoms with Crippen LogP contribution in [0, 0.1) is 13.8 Å². The molecule has 0 atom stereocenters. The largest absolute Gasteiger partial charge is 0.367 e. The number of nitrogens with one attached hydrogen (secondary N) is 2. The molecule has 0 saturated carbocycles. The van der Waals surface area contributed by atoms with E-state index in [2.05, 4.69) is 20.8 Å². The van der Waals surface area contributed by atoms with E-state index in [0.29, 0.717) is 18.9 Å². The molecule has 0 aliphatic carbocycles. The van der Waals surface area contributed by atoms with E-state index in [9.17, 15) is 4.79 Å². The zero-order chi connectivity index (χ0) is 17.6. The predicted molar refractivity (Wildman–Crippen MR) is 98.1 cm³/mol. The zero-order valence-electron chi connectivity index (χ0n) is 14.4. The van der Waals surface area contributed by atoms with Gasteiger partial charge in [-0.3, -0.25) is 4.79 Å². The maximum atomic E-state index is 12.2. The van der Waals surface area contributed by atoms with Crippen molar-refractivity contribution in [1.82, 2.24) is 20.1 Å². The Morgan fingerprint density at radius 3 is 2.56 bits per heavy atom. The molecule has 3 aromatic rings. The Kier molecular flexibility index (Phi) is 5.09. The first-order valence-corrected chi connectivity index (χ1v) is 8.20. The van der Waals surface area contributed by atoms with Crippen LogP contribution in [-0.4, -0.2) is 33.8 Å². The molecule has 0 unspecified atom stereocenters.